The fourth-order valence-electron chi connectivity index (χ4n) is 3.64. The molecule has 0 aromatic carbocycles. The lowest BCUT2D eigenvalue weighted by atomic mass is 9.95. The van der Waals surface area contributed by atoms with Crippen LogP contribution in [0.1, 0.15) is 34.8 Å². The molecule has 5 nitrogen and oxygen atoms in total. The Bertz CT molecular complexity index is 611. The van der Waals surface area contributed by atoms with E-state index in [9.17, 15) is 4.79 Å². The van der Waals surface area contributed by atoms with Crippen molar-refractivity contribution in [2.24, 2.45) is 0 Å². The highest BCUT2D eigenvalue weighted by Crippen LogP contribution is 2.39. The van der Waals surface area contributed by atoms with Crippen molar-refractivity contribution in [2.45, 2.75) is 43.9 Å². The molecule has 0 saturated carbocycles. The number of fused-ring (bicyclic) bond motifs is 2. The zero-order chi connectivity index (χ0) is 14.2. The molecule has 2 aliphatic rings. The molecule has 4 rings (SSSR count). The second-order valence-electron chi connectivity index (χ2n) is 5.69. The number of hydrogen-bond acceptors (Lipinski definition) is 5. The van der Waals surface area contributed by atoms with Crippen LogP contribution in [0.25, 0.3) is 0 Å². The van der Waals surface area contributed by atoms with Crippen LogP contribution in [-0.4, -0.2) is 33.9 Å². The van der Waals surface area contributed by atoms with E-state index in [1.165, 1.54) is 12.7 Å². The first-order valence-corrected chi connectivity index (χ1v) is 8.18. The molecule has 2 bridgehead atoms. The number of nitrogens with zero attached hydrogens (tertiary/aromatic N) is 2. The highest BCUT2D eigenvalue weighted by atomic mass is 32.1. The maximum absolute atomic E-state index is 12.1. The Balaban J connectivity index is 1.43. The van der Waals surface area contributed by atoms with Crippen molar-refractivity contribution in [3.63, 3.8) is 0 Å². The first-order valence-electron chi connectivity index (χ1n) is 7.30. The van der Waals surface area contributed by atoms with Crippen molar-refractivity contribution in [3.05, 3.63) is 40.7 Å². The van der Waals surface area contributed by atoms with E-state index in [4.69, 9.17) is 4.42 Å². The Kier molecular flexibility index (Phi) is 3.27. The summed E-state index contributed by atoms with van der Waals surface area (Å²) in [6.45, 7) is 0.903. The largest absolute Gasteiger partial charge is 0.459 e. The van der Waals surface area contributed by atoms with E-state index >= 15 is 0 Å². The van der Waals surface area contributed by atoms with Gasteiger partial charge in [-0.25, -0.2) is 4.98 Å². The van der Waals surface area contributed by atoms with Crippen LogP contribution in [0.2, 0.25) is 0 Å². The van der Waals surface area contributed by atoms with Crippen LogP contribution in [0.5, 0.6) is 0 Å². The zero-order valence-electron chi connectivity index (χ0n) is 11.6. The maximum Gasteiger partial charge on any atom is 0.287 e. The lowest BCUT2D eigenvalue weighted by Crippen LogP contribution is -2.43. The van der Waals surface area contributed by atoms with Crippen LogP contribution in [0.15, 0.2) is 34.4 Å². The van der Waals surface area contributed by atoms with Gasteiger partial charge < -0.3 is 9.73 Å². The molecule has 0 spiro atoms. The number of carbonyl (C=O) groups is 1. The minimum Gasteiger partial charge on any atom is -0.459 e. The summed E-state index contributed by atoms with van der Waals surface area (Å²) in [7, 11) is 0. The topological polar surface area (TPSA) is 58.4 Å². The standard InChI is InChI=1S/C15H17N3O2S/c19-15(13-2-1-6-20-13)17-11-8-10-3-4-12(11)18(10)9-14-16-5-7-21-14/h1-2,5-7,10-12H,3-4,8-9H2,(H,17,19). The van der Waals surface area contributed by atoms with Crippen molar-refractivity contribution in [1.82, 2.24) is 15.2 Å². The summed E-state index contributed by atoms with van der Waals surface area (Å²) in [6, 6.07) is 4.67. The Labute approximate surface area is 127 Å². The normalized spacial score (nSPS) is 28.1. The third-order valence-electron chi connectivity index (χ3n) is 4.54. The van der Waals surface area contributed by atoms with Crippen LogP contribution < -0.4 is 5.32 Å². The number of furan rings is 1. The molecular weight excluding hydrogens is 286 g/mol. The molecule has 2 aliphatic heterocycles. The van der Waals surface area contributed by atoms with Crippen LogP contribution in [0, 0.1) is 0 Å². The van der Waals surface area contributed by atoms with E-state index in [1.54, 1.807) is 23.5 Å². The predicted octanol–water partition coefficient (Wildman–Crippen LogP) is 2.27. The van der Waals surface area contributed by atoms with Gasteiger partial charge in [-0.05, 0) is 31.4 Å². The molecule has 1 amide bonds. The van der Waals surface area contributed by atoms with Gasteiger partial charge in [-0.1, -0.05) is 0 Å². The van der Waals surface area contributed by atoms with E-state index in [0.29, 0.717) is 17.8 Å². The highest BCUT2D eigenvalue weighted by molar-refractivity contribution is 7.09. The number of amides is 1. The van der Waals surface area contributed by atoms with Gasteiger partial charge in [0.2, 0.25) is 0 Å². The van der Waals surface area contributed by atoms with E-state index in [2.05, 4.69) is 15.2 Å². The number of hydrogen-bond donors (Lipinski definition) is 1. The van der Waals surface area contributed by atoms with E-state index in [1.807, 2.05) is 11.6 Å². The summed E-state index contributed by atoms with van der Waals surface area (Å²) in [4.78, 5) is 19.0. The molecule has 21 heavy (non-hydrogen) atoms. The lowest BCUT2D eigenvalue weighted by Gasteiger charge is -2.24. The summed E-state index contributed by atoms with van der Waals surface area (Å²) in [5, 5.41) is 6.31. The van der Waals surface area contributed by atoms with Gasteiger partial charge in [0, 0.05) is 29.7 Å². The summed E-state index contributed by atoms with van der Waals surface area (Å²) in [6.07, 6.45) is 6.80. The first kappa shape index (κ1) is 13.0. The number of aromatic nitrogens is 1. The molecule has 0 radical (unpaired) electrons. The minimum atomic E-state index is -0.105. The molecule has 2 saturated heterocycles. The third kappa shape index (κ3) is 2.38. The number of rotatable bonds is 4. The van der Waals surface area contributed by atoms with E-state index < -0.39 is 0 Å². The molecule has 2 aromatic rings. The van der Waals surface area contributed by atoms with Crippen LogP contribution in [0.4, 0.5) is 0 Å². The molecule has 0 aliphatic carbocycles. The van der Waals surface area contributed by atoms with Gasteiger partial charge in [-0.3, -0.25) is 9.69 Å². The molecule has 4 heterocycles. The molecule has 2 fully saturated rings. The quantitative estimate of drug-likeness (QED) is 0.941. The fourth-order valence-corrected chi connectivity index (χ4v) is 4.26. The van der Waals surface area contributed by atoms with Crippen molar-refractivity contribution < 1.29 is 9.21 Å². The highest BCUT2D eigenvalue weighted by Gasteiger charge is 2.46. The van der Waals surface area contributed by atoms with Crippen molar-refractivity contribution in [1.29, 1.82) is 0 Å². The van der Waals surface area contributed by atoms with E-state index in [-0.39, 0.29) is 11.9 Å². The second-order valence-corrected chi connectivity index (χ2v) is 6.67. The fraction of sp³-hybridized carbons (Fsp3) is 0.467. The maximum atomic E-state index is 12.1. The van der Waals surface area contributed by atoms with Crippen LogP contribution >= 0.6 is 11.3 Å². The van der Waals surface area contributed by atoms with Gasteiger partial charge in [-0.15, -0.1) is 11.3 Å². The van der Waals surface area contributed by atoms with Gasteiger partial charge in [0.05, 0.1) is 12.8 Å². The molecule has 3 unspecified atom stereocenters. The van der Waals surface area contributed by atoms with Gasteiger partial charge in [0.1, 0.15) is 5.01 Å². The Morgan fingerprint density at radius 3 is 3.24 bits per heavy atom. The van der Waals surface area contributed by atoms with Crippen LogP contribution in [-0.2, 0) is 6.54 Å². The average Bonchev–Trinajstić information content (AvgIpc) is 3.24. The zero-order valence-corrected chi connectivity index (χ0v) is 12.4. The van der Waals surface area contributed by atoms with Gasteiger partial charge in [0.25, 0.3) is 5.91 Å². The molecule has 3 atom stereocenters. The summed E-state index contributed by atoms with van der Waals surface area (Å²) in [5.74, 6) is 0.288. The van der Waals surface area contributed by atoms with E-state index in [0.717, 1.165) is 24.4 Å². The van der Waals surface area contributed by atoms with Crippen molar-refractivity contribution in [2.75, 3.05) is 0 Å². The van der Waals surface area contributed by atoms with Crippen molar-refractivity contribution in [3.8, 4) is 0 Å². The summed E-state index contributed by atoms with van der Waals surface area (Å²) in [5.41, 5.74) is 0. The Morgan fingerprint density at radius 2 is 2.48 bits per heavy atom. The van der Waals surface area contributed by atoms with Crippen molar-refractivity contribution >= 4 is 17.2 Å². The minimum absolute atomic E-state index is 0.105. The average molecular weight is 303 g/mol. The molecule has 1 N–H and O–H groups in total. The summed E-state index contributed by atoms with van der Waals surface area (Å²) < 4.78 is 5.16. The molecular formula is C15H17N3O2S. The van der Waals surface area contributed by atoms with Gasteiger partial charge in [0.15, 0.2) is 5.76 Å². The Morgan fingerprint density at radius 1 is 1.52 bits per heavy atom. The van der Waals surface area contributed by atoms with Crippen LogP contribution in [0.3, 0.4) is 0 Å². The molecule has 110 valence electrons. The SMILES string of the molecule is O=C(NC1CC2CCC1N2Cc1nccs1)c1ccco1. The third-order valence-corrected chi connectivity index (χ3v) is 5.31. The second kappa shape index (κ2) is 5.27. The number of thiazole rings is 1. The number of nitrogens with one attached hydrogen (secondary N) is 1. The first-order chi connectivity index (χ1) is 10.3. The smallest absolute Gasteiger partial charge is 0.287 e. The van der Waals surface area contributed by atoms with Gasteiger partial charge >= 0.3 is 0 Å². The molecule has 2 aromatic heterocycles. The molecule has 6 heteroatoms. The monoisotopic (exact) mass is 303 g/mol. The lowest BCUT2D eigenvalue weighted by molar-refractivity contribution is 0.0897. The predicted molar refractivity (Wildman–Crippen MR) is 79.0 cm³/mol. The van der Waals surface area contributed by atoms with Gasteiger partial charge in [-0.2, -0.15) is 0 Å². The Hall–Kier alpha value is -1.66. The number of carbonyl (C=O) groups excluding carboxylic acids is 1. The summed E-state index contributed by atoms with van der Waals surface area (Å²) >= 11 is 1.70.